The maximum absolute atomic E-state index is 11.3. The third kappa shape index (κ3) is 4.96. The lowest BCUT2D eigenvalue weighted by Gasteiger charge is -2.35. The highest BCUT2D eigenvalue weighted by atomic mass is 16.6. The van der Waals surface area contributed by atoms with Crippen molar-refractivity contribution in [3.63, 3.8) is 0 Å². The Hall–Kier alpha value is -1.69. The number of hydrogen-bond acceptors (Lipinski definition) is 5. The number of aliphatic hydroxyl groups is 2. The molecule has 1 saturated carbocycles. The summed E-state index contributed by atoms with van der Waals surface area (Å²) in [6, 6.07) is 0. The van der Waals surface area contributed by atoms with Gasteiger partial charge in [-0.25, -0.2) is 4.79 Å². The number of carbonyl (C=O) groups excluding carboxylic acids is 1. The van der Waals surface area contributed by atoms with Gasteiger partial charge in [0.15, 0.2) is 6.29 Å². The Labute approximate surface area is 180 Å². The number of allylic oxidation sites excluding steroid dienone is 3. The number of hydrogen-bond donors (Lipinski definition) is 2. The average molecular weight is 417 g/mol. The minimum absolute atomic E-state index is 0.296. The summed E-state index contributed by atoms with van der Waals surface area (Å²) in [5.41, 5.74) is 4.23. The van der Waals surface area contributed by atoms with Gasteiger partial charge in [0.2, 0.25) is 6.29 Å². The van der Waals surface area contributed by atoms with E-state index in [1.807, 2.05) is 6.08 Å². The van der Waals surface area contributed by atoms with Crippen LogP contribution < -0.4 is 0 Å². The van der Waals surface area contributed by atoms with Gasteiger partial charge in [-0.3, -0.25) is 0 Å². The van der Waals surface area contributed by atoms with E-state index in [0.29, 0.717) is 23.3 Å². The molecule has 0 radical (unpaired) electrons. The minimum Gasteiger partial charge on any atom is -0.429 e. The molecule has 3 aliphatic rings. The third-order valence-corrected chi connectivity index (χ3v) is 7.32. The lowest BCUT2D eigenvalue weighted by molar-refractivity contribution is -0.155. The molecule has 0 bridgehead atoms. The first-order chi connectivity index (χ1) is 14.2. The summed E-state index contributed by atoms with van der Waals surface area (Å²) in [5, 5.41) is 20.1. The summed E-state index contributed by atoms with van der Waals surface area (Å²) in [6.07, 6.45) is 10.8. The van der Waals surface area contributed by atoms with Crippen molar-refractivity contribution in [2.75, 3.05) is 0 Å². The van der Waals surface area contributed by atoms with Gasteiger partial charge >= 0.3 is 5.97 Å². The summed E-state index contributed by atoms with van der Waals surface area (Å²) in [4.78, 5) is 11.3. The summed E-state index contributed by atoms with van der Waals surface area (Å²) in [5.74, 6) is 0.135. The van der Waals surface area contributed by atoms with E-state index in [0.717, 1.165) is 24.8 Å². The largest absolute Gasteiger partial charge is 0.429 e. The molecule has 0 aromatic rings. The van der Waals surface area contributed by atoms with Crippen molar-refractivity contribution < 1.29 is 24.5 Å². The van der Waals surface area contributed by atoms with Gasteiger partial charge in [-0.2, -0.15) is 0 Å². The van der Waals surface area contributed by atoms with Gasteiger partial charge in [-0.05, 0) is 75.7 Å². The van der Waals surface area contributed by atoms with E-state index in [9.17, 15) is 15.0 Å². The number of ether oxygens (including phenoxy) is 2. The van der Waals surface area contributed by atoms with E-state index in [1.54, 1.807) is 0 Å². The fourth-order valence-corrected chi connectivity index (χ4v) is 5.24. The molecule has 0 saturated heterocycles. The fraction of sp³-hybridized carbons (Fsp3) is 0.640. The predicted molar refractivity (Wildman–Crippen MR) is 116 cm³/mol. The van der Waals surface area contributed by atoms with Crippen molar-refractivity contribution in [2.24, 2.45) is 11.3 Å². The van der Waals surface area contributed by atoms with Crippen LogP contribution in [0.25, 0.3) is 0 Å². The number of rotatable bonds is 8. The Bertz CT molecular complexity index is 762. The summed E-state index contributed by atoms with van der Waals surface area (Å²) in [7, 11) is 0. The van der Waals surface area contributed by atoms with Gasteiger partial charge in [0.05, 0.1) is 6.10 Å². The molecule has 5 heteroatoms. The van der Waals surface area contributed by atoms with Gasteiger partial charge in [0.1, 0.15) is 0 Å². The molecular formula is C25H36O5. The monoisotopic (exact) mass is 416 g/mol. The van der Waals surface area contributed by atoms with Crippen LogP contribution in [0.1, 0.15) is 72.1 Å². The molecule has 0 aromatic carbocycles. The summed E-state index contributed by atoms with van der Waals surface area (Å²) in [6.45, 7) is 11.0. The number of esters is 1. The second kappa shape index (κ2) is 9.63. The van der Waals surface area contributed by atoms with Crippen LogP contribution in [0.3, 0.4) is 0 Å². The van der Waals surface area contributed by atoms with Crippen LogP contribution in [-0.4, -0.2) is 34.9 Å². The zero-order valence-corrected chi connectivity index (χ0v) is 18.5. The first-order valence-corrected chi connectivity index (χ1v) is 11.2. The highest BCUT2D eigenvalue weighted by Crippen LogP contribution is 2.51. The van der Waals surface area contributed by atoms with Crippen molar-refractivity contribution in [3.8, 4) is 0 Å². The Balaban J connectivity index is 1.49. The van der Waals surface area contributed by atoms with Gasteiger partial charge in [-0.1, -0.05) is 43.2 Å². The molecule has 3 rings (SSSR count). The third-order valence-electron chi connectivity index (χ3n) is 7.32. The standard InChI is InChI=1S/C25H36O5/c1-16(2)25(13-6-8-18(25)4)14-12-17(3)7-5-9-19-10-11-21(29-23(19)27)20-15-22(26)30-24(20)28/h7,10,15,18,21,23-24,27-28H,1,5-6,8-9,11-14H2,2-4H3/b17-7+/t18-,21?,23?,24?,25+/m1/s1. The summed E-state index contributed by atoms with van der Waals surface area (Å²) >= 11 is 0. The maximum Gasteiger partial charge on any atom is 0.333 e. The normalized spacial score (nSPS) is 34.6. The molecule has 3 unspecified atom stereocenters. The topological polar surface area (TPSA) is 76.0 Å². The van der Waals surface area contributed by atoms with Crippen molar-refractivity contribution in [1.29, 1.82) is 0 Å². The lowest BCUT2D eigenvalue weighted by Crippen LogP contribution is -2.32. The van der Waals surface area contributed by atoms with Gasteiger partial charge in [-0.15, -0.1) is 0 Å². The quantitative estimate of drug-likeness (QED) is 0.443. The Morgan fingerprint density at radius 3 is 2.67 bits per heavy atom. The molecule has 1 fully saturated rings. The Morgan fingerprint density at radius 2 is 2.10 bits per heavy atom. The van der Waals surface area contributed by atoms with E-state index in [4.69, 9.17) is 9.47 Å². The molecular weight excluding hydrogens is 380 g/mol. The molecule has 2 aliphatic heterocycles. The van der Waals surface area contributed by atoms with Crippen LogP contribution in [0, 0.1) is 11.3 Å². The zero-order chi connectivity index (χ0) is 21.9. The second-order valence-electron chi connectivity index (χ2n) is 9.24. The highest BCUT2D eigenvalue weighted by molar-refractivity contribution is 5.85. The second-order valence-corrected chi connectivity index (χ2v) is 9.24. The van der Waals surface area contributed by atoms with Crippen molar-refractivity contribution >= 4 is 5.97 Å². The van der Waals surface area contributed by atoms with Crippen LogP contribution in [-0.2, 0) is 14.3 Å². The van der Waals surface area contributed by atoms with Crippen LogP contribution in [0.5, 0.6) is 0 Å². The lowest BCUT2D eigenvalue weighted by atomic mass is 9.70. The number of cyclic esters (lactones) is 1. The molecule has 2 heterocycles. The van der Waals surface area contributed by atoms with Gasteiger partial charge < -0.3 is 19.7 Å². The van der Waals surface area contributed by atoms with Crippen molar-refractivity contribution in [2.45, 2.75) is 90.8 Å². The molecule has 2 N–H and O–H groups in total. The van der Waals surface area contributed by atoms with Gasteiger partial charge in [0, 0.05) is 11.6 Å². The highest BCUT2D eigenvalue weighted by Gasteiger charge is 2.40. The molecule has 1 aliphatic carbocycles. The molecule has 0 spiro atoms. The van der Waals surface area contributed by atoms with E-state index >= 15 is 0 Å². The van der Waals surface area contributed by atoms with Crippen molar-refractivity contribution in [1.82, 2.24) is 0 Å². The Kier molecular flexibility index (Phi) is 7.38. The van der Waals surface area contributed by atoms with Crippen LogP contribution in [0.2, 0.25) is 0 Å². The molecule has 30 heavy (non-hydrogen) atoms. The first kappa shape index (κ1) is 23.0. The zero-order valence-electron chi connectivity index (χ0n) is 18.5. The average Bonchev–Trinajstić information content (AvgIpc) is 3.23. The van der Waals surface area contributed by atoms with E-state index in [-0.39, 0.29) is 0 Å². The van der Waals surface area contributed by atoms with Gasteiger partial charge in [0.25, 0.3) is 0 Å². The predicted octanol–water partition coefficient (Wildman–Crippen LogP) is 4.71. The molecule has 5 nitrogen and oxygen atoms in total. The minimum atomic E-state index is -1.28. The van der Waals surface area contributed by atoms with Crippen LogP contribution in [0.4, 0.5) is 0 Å². The fourth-order valence-electron chi connectivity index (χ4n) is 5.24. The molecule has 166 valence electrons. The molecule has 0 amide bonds. The smallest absolute Gasteiger partial charge is 0.333 e. The SMILES string of the molecule is C=C(C)[C@@]1(CC/C(C)=C/CCC2=CCC(C3=CC(=O)OC3O)OC2O)CCC[C@H]1C. The number of aliphatic hydroxyl groups excluding tert-OH is 2. The number of carbonyl (C=O) groups is 1. The molecule has 0 aromatic heterocycles. The first-order valence-electron chi connectivity index (χ1n) is 11.2. The van der Waals surface area contributed by atoms with Crippen LogP contribution >= 0.6 is 0 Å². The van der Waals surface area contributed by atoms with E-state index in [2.05, 4.69) is 33.4 Å². The van der Waals surface area contributed by atoms with E-state index < -0.39 is 24.7 Å². The maximum atomic E-state index is 11.3. The van der Waals surface area contributed by atoms with E-state index in [1.165, 1.54) is 42.9 Å². The summed E-state index contributed by atoms with van der Waals surface area (Å²) < 4.78 is 10.3. The van der Waals surface area contributed by atoms with Crippen LogP contribution in [0.15, 0.2) is 47.1 Å². The molecule has 5 atom stereocenters. The van der Waals surface area contributed by atoms with Crippen molar-refractivity contribution in [3.05, 3.63) is 47.1 Å². The Morgan fingerprint density at radius 1 is 1.33 bits per heavy atom.